The molecule has 0 radical (unpaired) electrons. The summed E-state index contributed by atoms with van der Waals surface area (Å²) in [6, 6.07) is 0. The molecule has 3 atom stereocenters. The lowest BCUT2D eigenvalue weighted by atomic mass is 9.88. The number of halogens is 4. The summed E-state index contributed by atoms with van der Waals surface area (Å²) in [7, 11) is 0. The van der Waals surface area contributed by atoms with Gasteiger partial charge in [-0.1, -0.05) is 20.3 Å². The van der Waals surface area contributed by atoms with Crippen LogP contribution in [0.15, 0.2) is 0 Å². The highest BCUT2D eigenvalue weighted by Gasteiger charge is 2.39. The Balaban J connectivity index is 2.44. The van der Waals surface area contributed by atoms with Crippen molar-refractivity contribution in [3.05, 3.63) is 21.8 Å². The first-order chi connectivity index (χ1) is 12.1. The average molecular weight is 810 g/mol. The van der Waals surface area contributed by atoms with Crippen LogP contribution >= 0.6 is 90.4 Å². The average Bonchev–Trinajstić information content (AvgIpc) is 2.57. The number of ether oxygens (including phenoxy) is 1. The molecule has 1 aromatic carbocycles. The lowest BCUT2D eigenvalue weighted by molar-refractivity contribution is -0.354. The van der Waals surface area contributed by atoms with Gasteiger partial charge in [-0.3, -0.25) is 0 Å². The van der Waals surface area contributed by atoms with Gasteiger partial charge in [0.05, 0.1) is 9.67 Å². The fourth-order valence-electron chi connectivity index (χ4n) is 3.08. The van der Waals surface area contributed by atoms with E-state index in [4.69, 9.17) is 14.5 Å². The molecule has 2 rings (SSSR count). The minimum atomic E-state index is -0.548. The van der Waals surface area contributed by atoms with Gasteiger partial charge in [-0.2, -0.15) is 0 Å². The van der Waals surface area contributed by atoms with E-state index in [1.165, 1.54) is 21.8 Å². The first-order valence-corrected chi connectivity index (χ1v) is 13.3. The molecule has 3 unspecified atom stereocenters. The maximum absolute atomic E-state index is 6.54. The molecule has 0 N–H and O–H groups in total. The fraction of sp³-hybridized carbons (Fsp3) is 0.684. The summed E-state index contributed by atoms with van der Waals surface area (Å²) >= 11 is 9.67. The topological polar surface area (TPSA) is 27.7 Å². The van der Waals surface area contributed by atoms with Crippen LogP contribution in [0.2, 0.25) is 0 Å². The molecule has 1 aliphatic heterocycles. The van der Waals surface area contributed by atoms with Gasteiger partial charge >= 0.3 is 0 Å². The summed E-state index contributed by atoms with van der Waals surface area (Å²) < 4.78 is 9.61. The van der Waals surface area contributed by atoms with Crippen LogP contribution in [-0.2, 0) is 19.8 Å². The van der Waals surface area contributed by atoms with E-state index < -0.39 is 3.61 Å². The van der Waals surface area contributed by atoms with Gasteiger partial charge in [0.2, 0.25) is 0 Å². The van der Waals surface area contributed by atoms with Crippen LogP contribution in [-0.4, -0.2) is 11.7 Å². The monoisotopic (exact) mass is 810 g/mol. The molecule has 1 aromatic rings. The highest BCUT2D eigenvalue weighted by molar-refractivity contribution is 14.1. The van der Waals surface area contributed by atoms with E-state index in [2.05, 4.69) is 118 Å². The number of benzene rings is 1. The van der Waals surface area contributed by atoms with Crippen LogP contribution in [0.1, 0.15) is 71.4 Å². The summed E-state index contributed by atoms with van der Waals surface area (Å²) in [5.74, 6) is 1.07. The predicted molar refractivity (Wildman–Crippen MR) is 140 cm³/mol. The number of rotatable bonds is 7. The van der Waals surface area contributed by atoms with Crippen LogP contribution in [0.4, 0.5) is 0 Å². The lowest BCUT2D eigenvalue weighted by Crippen LogP contribution is -2.37. The van der Waals surface area contributed by atoms with Gasteiger partial charge in [0.25, 0.3) is 0 Å². The number of fused-ring (bicyclic) bond motifs is 1. The molecule has 0 spiro atoms. The van der Waals surface area contributed by atoms with Crippen molar-refractivity contribution in [2.24, 2.45) is 0 Å². The van der Waals surface area contributed by atoms with E-state index in [-0.39, 0.29) is 11.7 Å². The van der Waals surface area contributed by atoms with Gasteiger partial charge in [-0.05, 0) is 137 Å². The number of hydrogen-bond donors (Lipinski definition) is 0. The molecular weight excluding hydrogens is 784 g/mol. The van der Waals surface area contributed by atoms with Crippen molar-refractivity contribution >= 4 is 90.4 Å². The summed E-state index contributed by atoms with van der Waals surface area (Å²) in [6.07, 6.45) is 5.33. The molecule has 3 nitrogen and oxygen atoms in total. The maximum Gasteiger partial charge on any atom is 0.178 e. The van der Waals surface area contributed by atoms with Gasteiger partial charge in [-0.25, -0.2) is 9.78 Å². The first-order valence-electron chi connectivity index (χ1n) is 8.98. The van der Waals surface area contributed by atoms with Crippen molar-refractivity contribution in [1.82, 2.24) is 0 Å². The highest BCUT2D eigenvalue weighted by atomic mass is 127. The Hall–Kier alpha value is 1.86. The number of alkyl halides is 1. The van der Waals surface area contributed by atoms with E-state index in [1.54, 1.807) is 0 Å². The molecule has 0 saturated carbocycles. The predicted octanol–water partition coefficient (Wildman–Crippen LogP) is 7.74. The Bertz CT molecular complexity index is 663. The molecule has 7 heteroatoms. The SMILES string of the molecule is CCCC1(C)CCc2c(I)c(C(C)(I)OOC(C)CC)c(I)c(I)c2O1. The maximum atomic E-state index is 6.54. The van der Waals surface area contributed by atoms with E-state index in [9.17, 15) is 0 Å². The minimum absolute atomic E-state index is 0.0564. The summed E-state index contributed by atoms with van der Waals surface area (Å²) in [6.45, 7) is 10.7. The van der Waals surface area contributed by atoms with Crippen molar-refractivity contribution < 1.29 is 14.5 Å². The molecule has 0 fully saturated rings. The van der Waals surface area contributed by atoms with E-state index >= 15 is 0 Å². The molecule has 0 saturated heterocycles. The van der Waals surface area contributed by atoms with Gasteiger partial charge in [0.1, 0.15) is 11.4 Å². The van der Waals surface area contributed by atoms with Crippen molar-refractivity contribution in [1.29, 1.82) is 0 Å². The molecule has 1 heterocycles. The molecule has 0 aliphatic carbocycles. The molecule has 26 heavy (non-hydrogen) atoms. The zero-order valence-corrected chi connectivity index (χ0v) is 24.5. The quantitative estimate of drug-likeness (QED) is 0.0929. The van der Waals surface area contributed by atoms with Gasteiger partial charge in [-0.15, -0.1) is 0 Å². The van der Waals surface area contributed by atoms with Crippen LogP contribution in [0.5, 0.6) is 5.75 Å². The number of hydrogen-bond acceptors (Lipinski definition) is 3. The second-order valence-corrected chi connectivity index (χ2v) is 12.5. The highest BCUT2D eigenvalue weighted by Crippen LogP contribution is 2.49. The summed E-state index contributed by atoms with van der Waals surface area (Å²) in [5.41, 5.74) is 2.45. The third-order valence-electron chi connectivity index (χ3n) is 4.79. The van der Waals surface area contributed by atoms with Crippen LogP contribution in [0.25, 0.3) is 0 Å². The molecule has 0 aromatic heterocycles. The largest absolute Gasteiger partial charge is 0.486 e. The Morgan fingerprint density at radius 3 is 2.42 bits per heavy atom. The Labute approximate surface area is 211 Å². The normalized spacial score (nSPS) is 23.1. The van der Waals surface area contributed by atoms with E-state index in [0.29, 0.717) is 0 Å². The molecule has 0 amide bonds. The molecule has 148 valence electrons. The standard InChI is InChI=1S/C19H26I4O3/c1-6-9-18(4)10-8-12-14(20)13(15(21)16(22)17(12)24-18)19(5,23)26-25-11(3)7-2/h11H,6-10H2,1-5H3. The van der Waals surface area contributed by atoms with E-state index in [1.807, 2.05) is 6.92 Å². The third-order valence-corrected chi connectivity index (χ3v) is 9.84. The van der Waals surface area contributed by atoms with E-state index in [0.717, 1.165) is 37.9 Å². The molecule has 1 aliphatic rings. The second-order valence-electron chi connectivity index (χ2n) is 7.24. The smallest absolute Gasteiger partial charge is 0.178 e. The zero-order valence-electron chi connectivity index (χ0n) is 15.8. The lowest BCUT2D eigenvalue weighted by Gasteiger charge is -2.38. The second kappa shape index (κ2) is 9.78. The minimum Gasteiger partial charge on any atom is -0.486 e. The van der Waals surface area contributed by atoms with Crippen LogP contribution in [0, 0.1) is 10.7 Å². The third kappa shape index (κ3) is 5.31. The van der Waals surface area contributed by atoms with Crippen molar-refractivity contribution in [2.45, 2.75) is 82.0 Å². The van der Waals surface area contributed by atoms with Gasteiger partial charge in [0.15, 0.2) is 3.61 Å². The fourth-order valence-corrected chi connectivity index (χ4v) is 8.31. The Morgan fingerprint density at radius 1 is 1.19 bits per heavy atom. The van der Waals surface area contributed by atoms with Crippen LogP contribution < -0.4 is 4.74 Å². The Morgan fingerprint density at radius 2 is 1.85 bits per heavy atom. The molecular formula is C19H26I4O3. The van der Waals surface area contributed by atoms with Gasteiger partial charge < -0.3 is 4.74 Å². The zero-order chi connectivity index (χ0) is 19.7. The van der Waals surface area contributed by atoms with Crippen molar-refractivity contribution in [3.63, 3.8) is 0 Å². The first kappa shape index (κ1) is 24.1. The van der Waals surface area contributed by atoms with Crippen molar-refractivity contribution in [3.8, 4) is 5.75 Å². The summed E-state index contributed by atoms with van der Waals surface area (Å²) in [5, 5.41) is 0. The van der Waals surface area contributed by atoms with Gasteiger partial charge in [0, 0.05) is 18.3 Å². The molecule has 0 bridgehead atoms. The summed E-state index contributed by atoms with van der Waals surface area (Å²) in [4.78, 5) is 11.5. The van der Waals surface area contributed by atoms with Crippen molar-refractivity contribution in [2.75, 3.05) is 0 Å². The van der Waals surface area contributed by atoms with Crippen LogP contribution in [0.3, 0.4) is 0 Å². The Kier molecular flexibility index (Phi) is 9.08.